The van der Waals surface area contributed by atoms with Crippen LogP contribution in [0.25, 0.3) is 0 Å². The van der Waals surface area contributed by atoms with Gasteiger partial charge in [-0.25, -0.2) is 4.79 Å². The number of hydrogen-bond donors (Lipinski definition) is 14. The Bertz CT molecular complexity index is 1560. The lowest BCUT2D eigenvalue weighted by Gasteiger charge is -2.27. The van der Waals surface area contributed by atoms with Crippen LogP contribution in [0.15, 0.2) is 4.99 Å². The third-order valence-corrected chi connectivity index (χ3v) is 8.83. The molecule has 0 radical (unpaired) electrons. The summed E-state index contributed by atoms with van der Waals surface area (Å²) in [5.74, 6) is -10.9. The highest BCUT2D eigenvalue weighted by Crippen LogP contribution is 2.10. The van der Waals surface area contributed by atoms with E-state index in [2.05, 4.69) is 36.9 Å². The molecule has 25 nitrogen and oxygen atoms in total. The molecule has 19 N–H and O–H groups in total. The number of amides is 7. The first kappa shape index (κ1) is 54.9. The van der Waals surface area contributed by atoms with Gasteiger partial charge >= 0.3 is 17.9 Å². The number of unbranched alkanes of at least 4 members (excludes halogenated alkanes) is 1. The highest BCUT2D eigenvalue weighted by molar-refractivity contribution is 5.97. The Morgan fingerprint density at radius 3 is 1.44 bits per heavy atom. The molecule has 0 aliphatic rings. The molecule has 0 rings (SSSR count). The molecule has 61 heavy (non-hydrogen) atoms. The highest BCUT2D eigenvalue weighted by atomic mass is 16.4. The van der Waals surface area contributed by atoms with Crippen molar-refractivity contribution in [2.45, 2.75) is 140 Å². The largest absolute Gasteiger partial charge is 0.481 e. The predicted molar refractivity (Wildman–Crippen MR) is 217 cm³/mol. The number of guanidine groups is 1. The maximum Gasteiger partial charge on any atom is 0.326 e. The Morgan fingerprint density at radius 2 is 0.967 bits per heavy atom. The Hall–Kier alpha value is -6.11. The minimum atomic E-state index is -1.66. The number of nitrogens with two attached hydrogens (primary N) is 5. The second kappa shape index (κ2) is 29.2. The number of aliphatic imine (C=N–C) groups is 1. The van der Waals surface area contributed by atoms with Crippen LogP contribution in [0.4, 0.5) is 0 Å². The molecule has 0 heterocycles. The van der Waals surface area contributed by atoms with Gasteiger partial charge in [-0.1, -0.05) is 13.8 Å². The Labute approximate surface area is 352 Å². The van der Waals surface area contributed by atoms with E-state index < -0.39 is 134 Å². The molecule has 7 atom stereocenters. The summed E-state index contributed by atoms with van der Waals surface area (Å²) in [6.07, 6.45) is -1.79. The predicted octanol–water partition coefficient (Wildman–Crippen LogP) is -4.45. The summed E-state index contributed by atoms with van der Waals surface area (Å²) in [4.78, 5) is 130. The first-order valence-corrected chi connectivity index (χ1v) is 19.8. The van der Waals surface area contributed by atoms with Crippen molar-refractivity contribution in [1.82, 2.24) is 31.9 Å². The molecule has 0 aromatic rings. The minimum absolute atomic E-state index is 0.0108. The number of nitrogens with zero attached hydrogens (tertiary/aromatic N) is 1. The van der Waals surface area contributed by atoms with Crippen LogP contribution in [0.5, 0.6) is 0 Å². The lowest BCUT2D eigenvalue weighted by Crippen LogP contribution is -2.59. The zero-order valence-electron chi connectivity index (χ0n) is 34.8. The summed E-state index contributed by atoms with van der Waals surface area (Å²) >= 11 is 0. The van der Waals surface area contributed by atoms with Gasteiger partial charge in [-0.05, 0) is 77.2 Å². The molecule has 25 heteroatoms. The monoisotopic (exact) mass is 872 g/mol. The molecule has 0 saturated heterocycles. The normalized spacial score (nSPS) is 14.3. The number of hydrogen-bond acceptors (Lipinski definition) is 13. The van der Waals surface area contributed by atoms with Crippen molar-refractivity contribution in [1.29, 1.82) is 0 Å². The topological polar surface area (TPSA) is 446 Å². The van der Waals surface area contributed by atoms with Crippen LogP contribution in [-0.2, 0) is 47.9 Å². The van der Waals surface area contributed by atoms with Crippen molar-refractivity contribution in [3.63, 3.8) is 0 Å². The molecule has 0 bridgehead atoms. The molecule has 0 aromatic heterocycles. The highest BCUT2D eigenvalue weighted by Gasteiger charge is 2.33. The molecule has 7 amide bonds. The fraction of sp³-hybridized carbons (Fsp3) is 0.694. The van der Waals surface area contributed by atoms with Gasteiger partial charge in [-0.2, -0.15) is 0 Å². The molecule has 0 fully saturated rings. The SMILES string of the molecule is CC(C)CC(NC(=O)C(CCCN=C(N)N)NC(=O)C(CCC(=O)O)NC(=O)C(CCC(N)=O)NC(=O)C(N)CCC(=O)O)C(=O)NC(C)C(=O)NC(CCCCN)C(=O)O. The van der Waals surface area contributed by atoms with Gasteiger partial charge in [-0.3, -0.25) is 48.1 Å². The molecule has 0 aliphatic carbocycles. The van der Waals surface area contributed by atoms with Gasteiger partial charge < -0.3 is 75.9 Å². The number of primary amides is 1. The van der Waals surface area contributed by atoms with Crippen molar-refractivity contribution in [2.75, 3.05) is 13.1 Å². The Balaban J connectivity index is 6.43. The summed E-state index contributed by atoms with van der Waals surface area (Å²) in [6.45, 7) is 5.12. The second-order valence-corrected chi connectivity index (χ2v) is 14.7. The molecular weight excluding hydrogens is 808 g/mol. The van der Waals surface area contributed by atoms with E-state index in [4.69, 9.17) is 33.8 Å². The molecule has 7 unspecified atom stereocenters. The maximum atomic E-state index is 13.9. The van der Waals surface area contributed by atoms with E-state index in [1.165, 1.54) is 6.92 Å². The van der Waals surface area contributed by atoms with E-state index in [1.54, 1.807) is 13.8 Å². The summed E-state index contributed by atoms with van der Waals surface area (Å²) < 4.78 is 0. The Morgan fingerprint density at radius 1 is 0.525 bits per heavy atom. The van der Waals surface area contributed by atoms with Crippen molar-refractivity contribution >= 4 is 65.2 Å². The molecule has 346 valence electrons. The van der Waals surface area contributed by atoms with E-state index in [0.717, 1.165) is 0 Å². The van der Waals surface area contributed by atoms with E-state index in [1.807, 2.05) is 0 Å². The number of carboxylic acids is 3. The third kappa shape index (κ3) is 24.5. The fourth-order valence-electron chi connectivity index (χ4n) is 5.50. The van der Waals surface area contributed by atoms with Crippen molar-refractivity contribution < 1.29 is 63.3 Å². The summed E-state index contributed by atoms with van der Waals surface area (Å²) in [5.41, 5.74) is 27.3. The maximum absolute atomic E-state index is 13.9. The fourth-order valence-corrected chi connectivity index (χ4v) is 5.50. The van der Waals surface area contributed by atoms with Crippen LogP contribution in [0.1, 0.15) is 97.8 Å². The molecule has 0 aromatic carbocycles. The lowest BCUT2D eigenvalue weighted by molar-refractivity contribution is -0.142. The number of nitrogens with one attached hydrogen (secondary N) is 6. The third-order valence-electron chi connectivity index (χ3n) is 8.83. The number of aliphatic carboxylic acids is 3. The molecule has 0 saturated carbocycles. The number of carbonyl (C=O) groups excluding carboxylic acids is 7. The first-order valence-electron chi connectivity index (χ1n) is 19.8. The lowest BCUT2D eigenvalue weighted by atomic mass is 10.0. The van der Waals surface area contributed by atoms with E-state index in [9.17, 15) is 58.2 Å². The standard InChI is InChI=1S/C36H64N12O13/c1-18(2)17-25(34(59)43-19(3)29(54)47-24(35(60)61)7-4-5-15-37)48-31(56)21(8-6-16-42-36(40)41)45-33(58)23(11-14-28(52)53)46-32(57)22(10-12-26(39)49)44-30(55)20(38)9-13-27(50)51/h18-25H,4-17,37-38H2,1-3H3,(H2,39,49)(H,43,59)(H,44,55)(H,45,58)(H,46,57)(H,47,54)(H,48,56)(H,50,51)(H,52,53)(H,60,61)(H4,40,41,42). The number of rotatable bonds is 32. The smallest absolute Gasteiger partial charge is 0.326 e. The van der Waals surface area contributed by atoms with Crippen LogP contribution in [0.2, 0.25) is 0 Å². The quantitative estimate of drug-likeness (QED) is 0.0172. The van der Waals surface area contributed by atoms with Gasteiger partial charge in [0.15, 0.2) is 5.96 Å². The molecule has 0 aliphatic heterocycles. The molecule has 0 spiro atoms. The number of carbonyl (C=O) groups is 10. The van der Waals surface area contributed by atoms with E-state index in [-0.39, 0.29) is 50.5 Å². The van der Waals surface area contributed by atoms with Gasteiger partial charge in [-0.15, -0.1) is 0 Å². The van der Waals surface area contributed by atoms with Gasteiger partial charge in [0, 0.05) is 25.8 Å². The van der Waals surface area contributed by atoms with E-state index in [0.29, 0.717) is 19.4 Å². The summed E-state index contributed by atoms with van der Waals surface area (Å²) in [5, 5.41) is 42.3. The van der Waals surface area contributed by atoms with Crippen LogP contribution in [0.3, 0.4) is 0 Å². The Kier molecular flexibility index (Phi) is 26.2. The van der Waals surface area contributed by atoms with Gasteiger partial charge in [0.1, 0.15) is 36.3 Å². The average molecular weight is 873 g/mol. The van der Waals surface area contributed by atoms with Crippen LogP contribution in [-0.4, -0.2) is 136 Å². The minimum Gasteiger partial charge on any atom is -0.481 e. The van der Waals surface area contributed by atoms with Gasteiger partial charge in [0.2, 0.25) is 41.4 Å². The van der Waals surface area contributed by atoms with Crippen LogP contribution >= 0.6 is 0 Å². The first-order chi connectivity index (χ1) is 28.5. The van der Waals surface area contributed by atoms with Crippen molar-refractivity contribution in [3.8, 4) is 0 Å². The van der Waals surface area contributed by atoms with Crippen molar-refractivity contribution in [3.05, 3.63) is 0 Å². The summed E-state index contributed by atoms with van der Waals surface area (Å²) in [7, 11) is 0. The second-order valence-electron chi connectivity index (χ2n) is 14.7. The van der Waals surface area contributed by atoms with Gasteiger partial charge in [0.05, 0.1) is 6.04 Å². The van der Waals surface area contributed by atoms with Crippen molar-refractivity contribution in [2.24, 2.45) is 39.6 Å². The average Bonchev–Trinajstić information content (AvgIpc) is 3.16. The zero-order chi connectivity index (χ0) is 46.8. The van der Waals surface area contributed by atoms with Crippen LogP contribution < -0.4 is 60.6 Å². The van der Waals surface area contributed by atoms with Gasteiger partial charge in [0.25, 0.3) is 0 Å². The van der Waals surface area contributed by atoms with Crippen LogP contribution in [0, 0.1) is 5.92 Å². The summed E-state index contributed by atoms with van der Waals surface area (Å²) in [6, 6.07) is -9.85. The number of carboxylic acid groups (broad SMARTS) is 3. The molecular formula is C36H64N12O13. The van der Waals surface area contributed by atoms with E-state index >= 15 is 0 Å². The zero-order valence-corrected chi connectivity index (χ0v) is 34.8.